The molecule has 0 saturated heterocycles. The molecule has 100 valence electrons. The van der Waals surface area contributed by atoms with Crippen LogP contribution in [0, 0.1) is 0 Å². The van der Waals surface area contributed by atoms with Gasteiger partial charge in [0, 0.05) is 30.5 Å². The highest BCUT2D eigenvalue weighted by molar-refractivity contribution is 5.81. The summed E-state index contributed by atoms with van der Waals surface area (Å²) in [7, 11) is 1.51. The van der Waals surface area contributed by atoms with Gasteiger partial charge in [-0.2, -0.15) is 0 Å². The third-order valence-electron chi connectivity index (χ3n) is 2.62. The predicted molar refractivity (Wildman–Crippen MR) is 67.8 cm³/mol. The lowest BCUT2D eigenvalue weighted by molar-refractivity contribution is -0.119. The second kappa shape index (κ2) is 6.18. The summed E-state index contributed by atoms with van der Waals surface area (Å²) in [6.07, 6.45) is -2.62. The lowest BCUT2D eigenvalue weighted by Crippen LogP contribution is -2.36. The zero-order chi connectivity index (χ0) is 13.7. The third kappa shape index (κ3) is 3.32. The van der Waals surface area contributed by atoms with E-state index in [2.05, 4.69) is 5.32 Å². The van der Waals surface area contributed by atoms with E-state index in [0.29, 0.717) is 12.2 Å². The van der Waals surface area contributed by atoms with E-state index in [1.807, 2.05) is 0 Å². The lowest BCUT2D eigenvalue weighted by Gasteiger charge is -2.25. The van der Waals surface area contributed by atoms with Crippen molar-refractivity contribution in [3.05, 3.63) is 23.8 Å². The van der Waals surface area contributed by atoms with Gasteiger partial charge in [-0.25, -0.2) is 8.78 Å². The van der Waals surface area contributed by atoms with Crippen LogP contribution < -0.4 is 16.0 Å². The highest BCUT2D eigenvalue weighted by Crippen LogP contribution is 2.31. The summed E-state index contributed by atoms with van der Waals surface area (Å²) in [5.41, 5.74) is 5.97. The molecule has 0 radical (unpaired) electrons. The standard InChI is InChI=1S/C12H17F2N3O/c1-3-17(7-11(18)16-2)10-5-4-8(15)6-9(10)12(13)14/h4-6,12H,3,7,15H2,1-2H3,(H,16,18). The number of hydrogen-bond donors (Lipinski definition) is 2. The number of nitrogens with two attached hydrogens (primary N) is 1. The zero-order valence-corrected chi connectivity index (χ0v) is 10.4. The van der Waals surface area contributed by atoms with E-state index in [9.17, 15) is 13.6 Å². The molecule has 4 nitrogen and oxygen atoms in total. The predicted octanol–water partition coefficient (Wildman–Crippen LogP) is 1.78. The van der Waals surface area contributed by atoms with Gasteiger partial charge in [-0.1, -0.05) is 0 Å². The van der Waals surface area contributed by atoms with Crippen molar-refractivity contribution in [3.63, 3.8) is 0 Å². The number of nitrogen functional groups attached to an aromatic ring is 1. The molecule has 3 N–H and O–H groups in total. The van der Waals surface area contributed by atoms with Crippen molar-refractivity contribution < 1.29 is 13.6 Å². The Morgan fingerprint density at radius 2 is 2.17 bits per heavy atom. The van der Waals surface area contributed by atoms with Gasteiger partial charge < -0.3 is 16.0 Å². The molecule has 0 bridgehead atoms. The first-order valence-electron chi connectivity index (χ1n) is 5.62. The molecule has 0 unspecified atom stereocenters. The Kier molecular flexibility index (Phi) is 4.88. The summed E-state index contributed by atoms with van der Waals surface area (Å²) >= 11 is 0. The van der Waals surface area contributed by atoms with Crippen LogP contribution in [-0.2, 0) is 4.79 Å². The van der Waals surface area contributed by atoms with Crippen molar-refractivity contribution in [2.24, 2.45) is 0 Å². The smallest absolute Gasteiger partial charge is 0.265 e. The van der Waals surface area contributed by atoms with Gasteiger partial charge >= 0.3 is 0 Å². The number of halogens is 2. The number of carbonyl (C=O) groups excluding carboxylic acids is 1. The first kappa shape index (κ1) is 14.2. The molecule has 18 heavy (non-hydrogen) atoms. The number of nitrogens with one attached hydrogen (secondary N) is 1. The number of benzene rings is 1. The van der Waals surface area contributed by atoms with E-state index in [-0.39, 0.29) is 23.7 Å². The largest absolute Gasteiger partial charge is 0.399 e. The first-order chi connectivity index (χ1) is 8.49. The van der Waals surface area contributed by atoms with Gasteiger partial charge in [0.2, 0.25) is 5.91 Å². The molecule has 0 aliphatic carbocycles. The van der Waals surface area contributed by atoms with Gasteiger partial charge in [0.05, 0.1) is 6.54 Å². The van der Waals surface area contributed by atoms with Crippen molar-refractivity contribution in [1.82, 2.24) is 5.32 Å². The summed E-state index contributed by atoms with van der Waals surface area (Å²) < 4.78 is 25.9. The molecule has 1 rings (SSSR count). The molecule has 1 aromatic carbocycles. The molecule has 0 aliphatic heterocycles. The Balaban J connectivity index is 3.08. The number of likely N-dealkylation sites (N-methyl/N-ethyl adjacent to an activating group) is 2. The minimum absolute atomic E-state index is 0.0383. The van der Waals surface area contributed by atoms with E-state index in [4.69, 9.17) is 5.73 Å². The highest BCUT2D eigenvalue weighted by Gasteiger charge is 2.18. The van der Waals surface area contributed by atoms with Crippen molar-refractivity contribution in [3.8, 4) is 0 Å². The molecule has 0 aromatic heterocycles. The van der Waals surface area contributed by atoms with Gasteiger partial charge in [-0.3, -0.25) is 4.79 Å². The van der Waals surface area contributed by atoms with Crippen LogP contribution in [0.3, 0.4) is 0 Å². The quantitative estimate of drug-likeness (QED) is 0.790. The number of amides is 1. The molecule has 6 heteroatoms. The lowest BCUT2D eigenvalue weighted by atomic mass is 10.1. The van der Waals surface area contributed by atoms with Crippen LogP contribution in [0.5, 0.6) is 0 Å². The summed E-state index contributed by atoms with van der Waals surface area (Å²) in [6.45, 7) is 2.29. The second-order valence-electron chi connectivity index (χ2n) is 3.81. The van der Waals surface area contributed by atoms with Crippen LogP contribution in [0.15, 0.2) is 18.2 Å². The van der Waals surface area contributed by atoms with Crippen LogP contribution in [0.1, 0.15) is 18.9 Å². The fourth-order valence-electron chi connectivity index (χ4n) is 1.66. The number of nitrogens with zero attached hydrogens (tertiary/aromatic N) is 1. The summed E-state index contributed by atoms with van der Waals surface area (Å²) in [5.74, 6) is -0.228. The monoisotopic (exact) mass is 257 g/mol. The van der Waals surface area contributed by atoms with Gasteiger partial charge in [0.15, 0.2) is 0 Å². The van der Waals surface area contributed by atoms with E-state index in [1.54, 1.807) is 17.9 Å². The minimum Gasteiger partial charge on any atom is -0.399 e. The molecule has 0 saturated carbocycles. The van der Waals surface area contributed by atoms with Crippen LogP contribution in [-0.4, -0.2) is 26.0 Å². The number of anilines is 2. The summed E-state index contributed by atoms with van der Waals surface area (Å²) in [4.78, 5) is 12.9. The van der Waals surface area contributed by atoms with Crippen molar-refractivity contribution in [2.75, 3.05) is 30.8 Å². The third-order valence-corrected chi connectivity index (χ3v) is 2.62. The van der Waals surface area contributed by atoms with Crippen LogP contribution in [0.2, 0.25) is 0 Å². The molecule has 0 atom stereocenters. The number of hydrogen-bond acceptors (Lipinski definition) is 3. The Hall–Kier alpha value is -1.85. The molecule has 1 amide bonds. The summed E-state index contributed by atoms with van der Waals surface area (Å²) in [5, 5.41) is 2.47. The minimum atomic E-state index is -2.62. The normalized spacial score (nSPS) is 10.5. The Labute approximate surface area is 105 Å². The number of rotatable bonds is 5. The van der Waals surface area contributed by atoms with Gasteiger partial charge in [0.1, 0.15) is 0 Å². The summed E-state index contributed by atoms with van der Waals surface area (Å²) in [6, 6.07) is 4.31. The maximum absolute atomic E-state index is 12.9. The highest BCUT2D eigenvalue weighted by atomic mass is 19.3. The number of carbonyl (C=O) groups is 1. The SMILES string of the molecule is CCN(CC(=O)NC)c1ccc(N)cc1C(F)F. The molecule has 1 aromatic rings. The van der Waals surface area contributed by atoms with Crippen molar-refractivity contribution in [1.29, 1.82) is 0 Å². The van der Waals surface area contributed by atoms with E-state index in [1.165, 1.54) is 19.2 Å². The number of alkyl halides is 2. The fourth-order valence-corrected chi connectivity index (χ4v) is 1.66. The van der Waals surface area contributed by atoms with Crippen LogP contribution in [0.4, 0.5) is 20.2 Å². The van der Waals surface area contributed by atoms with Crippen molar-refractivity contribution >= 4 is 17.3 Å². The topological polar surface area (TPSA) is 58.4 Å². The van der Waals surface area contributed by atoms with Gasteiger partial charge in [-0.15, -0.1) is 0 Å². The second-order valence-corrected chi connectivity index (χ2v) is 3.81. The van der Waals surface area contributed by atoms with Crippen molar-refractivity contribution in [2.45, 2.75) is 13.3 Å². The Morgan fingerprint density at radius 3 is 2.67 bits per heavy atom. The fraction of sp³-hybridized carbons (Fsp3) is 0.417. The van der Waals surface area contributed by atoms with E-state index in [0.717, 1.165) is 0 Å². The average Bonchev–Trinajstić information content (AvgIpc) is 2.35. The maximum Gasteiger partial charge on any atom is 0.265 e. The molecule has 0 spiro atoms. The van der Waals surface area contributed by atoms with E-state index >= 15 is 0 Å². The first-order valence-corrected chi connectivity index (χ1v) is 5.62. The zero-order valence-electron chi connectivity index (χ0n) is 10.4. The van der Waals surface area contributed by atoms with Crippen LogP contribution in [0.25, 0.3) is 0 Å². The Morgan fingerprint density at radius 1 is 1.50 bits per heavy atom. The average molecular weight is 257 g/mol. The maximum atomic E-state index is 12.9. The van der Waals surface area contributed by atoms with Gasteiger partial charge in [0.25, 0.3) is 6.43 Å². The molecular formula is C12H17F2N3O. The van der Waals surface area contributed by atoms with E-state index < -0.39 is 6.43 Å². The Bertz CT molecular complexity index is 424. The molecular weight excluding hydrogens is 240 g/mol. The van der Waals surface area contributed by atoms with Crippen LogP contribution >= 0.6 is 0 Å². The van der Waals surface area contributed by atoms with Gasteiger partial charge in [-0.05, 0) is 25.1 Å². The molecule has 0 aliphatic rings. The molecule has 0 fully saturated rings. The molecule has 0 heterocycles.